The number of hydrogen-bond acceptors (Lipinski definition) is 2. The fraction of sp³-hybridized carbons (Fsp3) is 0.667. The van der Waals surface area contributed by atoms with Crippen molar-refractivity contribution in [2.75, 3.05) is 6.54 Å². The second-order valence-corrected chi connectivity index (χ2v) is 4.31. The van der Waals surface area contributed by atoms with Gasteiger partial charge >= 0.3 is 0 Å². The van der Waals surface area contributed by atoms with Gasteiger partial charge in [0.2, 0.25) is 0 Å². The summed E-state index contributed by atoms with van der Waals surface area (Å²) in [5.74, 6) is 2.79. The smallest absolute Gasteiger partial charge is 0.104 e. The van der Waals surface area contributed by atoms with E-state index in [2.05, 4.69) is 6.07 Å². The topological polar surface area (TPSA) is 39.2 Å². The summed E-state index contributed by atoms with van der Waals surface area (Å²) in [6.07, 6.45) is 8.15. The Morgan fingerprint density at radius 2 is 2.21 bits per heavy atom. The Kier molecular flexibility index (Phi) is 3.25. The molecule has 78 valence electrons. The molecular formula is C12H19NO. The van der Waals surface area contributed by atoms with Gasteiger partial charge in [-0.1, -0.05) is 12.8 Å². The molecule has 0 aromatic carbocycles. The Labute approximate surface area is 85.5 Å². The lowest BCUT2D eigenvalue weighted by Crippen LogP contribution is -2.15. The van der Waals surface area contributed by atoms with Crippen LogP contribution >= 0.6 is 0 Å². The zero-order valence-electron chi connectivity index (χ0n) is 8.61. The molecule has 1 saturated carbocycles. The maximum atomic E-state index is 5.62. The van der Waals surface area contributed by atoms with Crippen molar-refractivity contribution < 1.29 is 4.42 Å². The molecule has 14 heavy (non-hydrogen) atoms. The van der Waals surface area contributed by atoms with Crippen LogP contribution in [0.1, 0.15) is 31.4 Å². The summed E-state index contributed by atoms with van der Waals surface area (Å²) in [5.41, 5.74) is 5.62. The highest BCUT2D eigenvalue weighted by Crippen LogP contribution is 2.36. The summed E-state index contributed by atoms with van der Waals surface area (Å²) in [4.78, 5) is 0. The van der Waals surface area contributed by atoms with Crippen molar-refractivity contribution in [3.05, 3.63) is 24.2 Å². The van der Waals surface area contributed by atoms with Crippen molar-refractivity contribution >= 4 is 0 Å². The lowest BCUT2D eigenvalue weighted by molar-refractivity contribution is 0.341. The first-order valence-electron chi connectivity index (χ1n) is 5.62. The molecule has 1 aromatic heterocycles. The molecule has 1 aromatic rings. The van der Waals surface area contributed by atoms with Gasteiger partial charge in [-0.3, -0.25) is 0 Å². The monoisotopic (exact) mass is 193 g/mol. The molecule has 2 rings (SSSR count). The fourth-order valence-electron chi connectivity index (χ4n) is 2.66. The van der Waals surface area contributed by atoms with E-state index in [0.717, 1.165) is 30.6 Å². The van der Waals surface area contributed by atoms with E-state index in [4.69, 9.17) is 10.2 Å². The number of nitrogens with two attached hydrogens (primary N) is 1. The molecule has 0 bridgehead atoms. The normalized spacial score (nSPS) is 26.9. The van der Waals surface area contributed by atoms with Crippen molar-refractivity contribution in [1.29, 1.82) is 0 Å². The predicted octanol–water partition coefficient (Wildman–Crippen LogP) is 2.59. The highest BCUT2D eigenvalue weighted by atomic mass is 16.3. The molecule has 1 aliphatic carbocycles. The van der Waals surface area contributed by atoms with Gasteiger partial charge in [-0.15, -0.1) is 0 Å². The van der Waals surface area contributed by atoms with Crippen LogP contribution < -0.4 is 5.73 Å². The van der Waals surface area contributed by atoms with E-state index in [1.807, 2.05) is 6.07 Å². The lowest BCUT2D eigenvalue weighted by Gasteiger charge is -2.17. The van der Waals surface area contributed by atoms with Crippen molar-refractivity contribution in [1.82, 2.24) is 0 Å². The van der Waals surface area contributed by atoms with Crippen molar-refractivity contribution in [2.45, 2.75) is 32.1 Å². The minimum atomic E-state index is 0.810. The summed E-state index contributed by atoms with van der Waals surface area (Å²) in [7, 11) is 0. The molecule has 1 heterocycles. The number of furan rings is 1. The number of rotatable bonds is 4. The van der Waals surface area contributed by atoms with Gasteiger partial charge in [-0.2, -0.15) is 0 Å². The van der Waals surface area contributed by atoms with Crippen LogP contribution in [-0.4, -0.2) is 6.54 Å². The van der Waals surface area contributed by atoms with Gasteiger partial charge in [0.1, 0.15) is 5.76 Å². The van der Waals surface area contributed by atoms with E-state index >= 15 is 0 Å². The van der Waals surface area contributed by atoms with Crippen LogP contribution in [0.2, 0.25) is 0 Å². The summed E-state index contributed by atoms with van der Waals surface area (Å²) in [6.45, 7) is 0.833. The van der Waals surface area contributed by atoms with Crippen molar-refractivity contribution in [3.8, 4) is 0 Å². The van der Waals surface area contributed by atoms with Gasteiger partial charge in [0.05, 0.1) is 6.26 Å². The molecule has 2 heteroatoms. The Bertz CT molecular complexity index is 255. The fourth-order valence-corrected chi connectivity index (χ4v) is 2.66. The van der Waals surface area contributed by atoms with Gasteiger partial charge in [0.15, 0.2) is 0 Å². The molecule has 2 unspecified atom stereocenters. The first kappa shape index (κ1) is 9.78. The molecule has 2 N–H and O–H groups in total. The maximum Gasteiger partial charge on any atom is 0.104 e. The maximum absolute atomic E-state index is 5.62. The zero-order valence-corrected chi connectivity index (χ0v) is 8.61. The first-order chi connectivity index (χ1) is 6.90. The van der Waals surface area contributed by atoms with E-state index in [0.29, 0.717) is 0 Å². The molecule has 1 fully saturated rings. The third kappa shape index (κ3) is 2.18. The van der Waals surface area contributed by atoms with E-state index in [1.54, 1.807) is 6.26 Å². The minimum absolute atomic E-state index is 0.810. The van der Waals surface area contributed by atoms with Crippen LogP contribution in [0.3, 0.4) is 0 Å². The summed E-state index contributed by atoms with van der Waals surface area (Å²) in [5, 5.41) is 0. The summed E-state index contributed by atoms with van der Waals surface area (Å²) < 4.78 is 5.39. The van der Waals surface area contributed by atoms with Gasteiger partial charge in [-0.05, 0) is 43.4 Å². The Balaban J connectivity index is 1.90. The van der Waals surface area contributed by atoms with E-state index in [9.17, 15) is 0 Å². The molecule has 0 spiro atoms. The quantitative estimate of drug-likeness (QED) is 0.798. The van der Waals surface area contributed by atoms with Gasteiger partial charge in [0.25, 0.3) is 0 Å². The minimum Gasteiger partial charge on any atom is -0.469 e. The highest BCUT2D eigenvalue weighted by molar-refractivity contribution is 5.00. The van der Waals surface area contributed by atoms with Gasteiger partial charge in [0, 0.05) is 6.42 Å². The Hall–Kier alpha value is -0.760. The zero-order chi connectivity index (χ0) is 9.80. The lowest BCUT2D eigenvalue weighted by atomic mass is 9.89. The van der Waals surface area contributed by atoms with Crippen molar-refractivity contribution in [2.24, 2.45) is 17.6 Å². The first-order valence-corrected chi connectivity index (χ1v) is 5.62. The van der Waals surface area contributed by atoms with Crippen LogP contribution in [0.4, 0.5) is 0 Å². The third-order valence-corrected chi connectivity index (χ3v) is 3.40. The molecule has 0 saturated heterocycles. The van der Waals surface area contributed by atoms with Crippen LogP contribution in [0.15, 0.2) is 22.8 Å². The highest BCUT2D eigenvalue weighted by Gasteiger charge is 2.27. The van der Waals surface area contributed by atoms with E-state index in [-0.39, 0.29) is 0 Å². The Morgan fingerprint density at radius 3 is 2.93 bits per heavy atom. The molecule has 2 atom stereocenters. The standard InChI is InChI=1S/C12H19NO/c13-7-6-10-3-1-4-11(10)9-12-5-2-8-14-12/h2,5,8,10-11H,1,3-4,6-7,9,13H2. The van der Waals surface area contributed by atoms with Gasteiger partial charge in [-0.25, -0.2) is 0 Å². The summed E-state index contributed by atoms with van der Waals surface area (Å²) in [6, 6.07) is 4.06. The third-order valence-electron chi connectivity index (χ3n) is 3.40. The Morgan fingerprint density at radius 1 is 1.36 bits per heavy atom. The molecule has 0 aliphatic heterocycles. The summed E-state index contributed by atoms with van der Waals surface area (Å²) >= 11 is 0. The molecule has 2 nitrogen and oxygen atoms in total. The predicted molar refractivity (Wildman–Crippen MR) is 56.9 cm³/mol. The van der Waals surface area contributed by atoms with E-state index in [1.165, 1.54) is 25.7 Å². The average molecular weight is 193 g/mol. The average Bonchev–Trinajstić information content (AvgIpc) is 2.80. The molecule has 0 amide bonds. The van der Waals surface area contributed by atoms with Gasteiger partial charge < -0.3 is 10.2 Å². The van der Waals surface area contributed by atoms with Crippen LogP contribution in [0.25, 0.3) is 0 Å². The second-order valence-electron chi connectivity index (χ2n) is 4.31. The molecule has 0 radical (unpaired) electrons. The van der Waals surface area contributed by atoms with Crippen LogP contribution in [0.5, 0.6) is 0 Å². The van der Waals surface area contributed by atoms with Crippen LogP contribution in [0, 0.1) is 11.8 Å². The van der Waals surface area contributed by atoms with Crippen molar-refractivity contribution in [3.63, 3.8) is 0 Å². The molecular weight excluding hydrogens is 174 g/mol. The largest absolute Gasteiger partial charge is 0.469 e. The number of hydrogen-bond donors (Lipinski definition) is 1. The van der Waals surface area contributed by atoms with E-state index < -0.39 is 0 Å². The molecule has 1 aliphatic rings. The second kappa shape index (κ2) is 4.65. The van der Waals surface area contributed by atoms with Crippen LogP contribution in [-0.2, 0) is 6.42 Å². The SMILES string of the molecule is NCCC1CCCC1Cc1ccco1.